The standard InChI is InChI=1S/C32H31ClN4O7/c1-18(2)16-44-32(41)24-15-34-26-14-25(33)22(13-23(24)26)19-9-10-27(35-29(19)42-4)36(3)28(38)17-43-12-11-37-30(39)20-7-5-6-8-21(20)31(37)40/h5-10,13-15,18,34H,11-12,16-17H2,1-4H3. The highest BCUT2D eigenvalue weighted by Gasteiger charge is 2.34. The van der Waals surface area contributed by atoms with Gasteiger partial charge in [0, 0.05) is 35.3 Å². The zero-order valence-corrected chi connectivity index (χ0v) is 25.4. The third kappa shape index (κ3) is 6.01. The summed E-state index contributed by atoms with van der Waals surface area (Å²) in [6, 6.07) is 13.5. The zero-order chi connectivity index (χ0) is 31.5. The van der Waals surface area contributed by atoms with E-state index in [-0.39, 0.29) is 43.4 Å². The van der Waals surface area contributed by atoms with Gasteiger partial charge in [-0.05, 0) is 42.3 Å². The van der Waals surface area contributed by atoms with E-state index in [1.54, 1.807) is 61.8 Å². The Balaban J connectivity index is 1.26. The Bertz CT molecular complexity index is 1730. The second kappa shape index (κ2) is 12.9. The SMILES string of the molecule is COc1nc(N(C)C(=O)COCCN2C(=O)c3ccccc3C2=O)ccc1-c1cc2c(C(=O)OCC(C)C)c[nH]c2cc1Cl. The number of nitrogens with one attached hydrogen (secondary N) is 1. The summed E-state index contributed by atoms with van der Waals surface area (Å²) in [7, 11) is 3.00. The molecule has 11 nitrogen and oxygen atoms in total. The van der Waals surface area contributed by atoms with Crippen molar-refractivity contribution in [2.24, 2.45) is 5.92 Å². The maximum Gasteiger partial charge on any atom is 0.340 e. The number of methoxy groups -OCH3 is 1. The molecule has 5 rings (SSSR count). The topological polar surface area (TPSA) is 131 Å². The fourth-order valence-corrected chi connectivity index (χ4v) is 5.06. The maximum absolute atomic E-state index is 12.9. The summed E-state index contributed by atoms with van der Waals surface area (Å²) in [6.45, 7) is 3.94. The highest BCUT2D eigenvalue weighted by molar-refractivity contribution is 6.34. The molecule has 3 heterocycles. The number of pyridine rings is 1. The van der Waals surface area contributed by atoms with E-state index in [0.717, 1.165) is 4.90 Å². The minimum absolute atomic E-state index is 0.00608. The monoisotopic (exact) mass is 618 g/mol. The second-order valence-corrected chi connectivity index (χ2v) is 11.0. The Kier molecular flexibility index (Phi) is 8.98. The van der Waals surface area contributed by atoms with Gasteiger partial charge in [0.15, 0.2) is 0 Å². The van der Waals surface area contributed by atoms with Crippen molar-refractivity contribution in [1.29, 1.82) is 0 Å². The summed E-state index contributed by atoms with van der Waals surface area (Å²) in [6.07, 6.45) is 1.59. The van der Waals surface area contributed by atoms with Crippen molar-refractivity contribution < 1.29 is 33.4 Å². The first-order valence-electron chi connectivity index (χ1n) is 13.9. The van der Waals surface area contributed by atoms with E-state index >= 15 is 0 Å². The van der Waals surface area contributed by atoms with E-state index in [1.165, 1.54) is 12.0 Å². The van der Waals surface area contributed by atoms with Crippen LogP contribution in [0.15, 0.2) is 54.7 Å². The largest absolute Gasteiger partial charge is 0.480 e. The summed E-state index contributed by atoms with van der Waals surface area (Å²) in [5, 5.41) is 1.04. The molecule has 3 amide bonds. The van der Waals surface area contributed by atoms with Crippen LogP contribution in [0.5, 0.6) is 5.88 Å². The number of aromatic nitrogens is 2. The maximum atomic E-state index is 12.9. The van der Waals surface area contributed by atoms with Crippen LogP contribution in [0.25, 0.3) is 22.0 Å². The van der Waals surface area contributed by atoms with Crippen molar-refractivity contribution in [2.45, 2.75) is 13.8 Å². The number of amides is 3. The Morgan fingerprint density at radius 2 is 1.73 bits per heavy atom. The van der Waals surface area contributed by atoms with Gasteiger partial charge in [0.05, 0.1) is 48.6 Å². The van der Waals surface area contributed by atoms with Gasteiger partial charge >= 0.3 is 5.97 Å². The van der Waals surface area contributed by atoms with Gasteiger partial charge in [-0.1, -0.05) is 37.6 Å². The number of likely N-dealkylation sites (N-methyl/N-ethyl adjacent to an activating group) is 1. The number of fused-ring (bicyclic) bond motifs is 2. The van der Waals surface area contributed by atoms with Crippen LogP contribution in [-0.2, 0) is 14.3 Å². The van der Waals surface area contributed by atoms with Gasteiger partial charge < -0.3 is 19.2 Å². The molecular formula is C32H31ClN4O7. The first-order valence-corrected chi connectivity index (χ1v) is 14.3. The zero-order valence-electron chi connectivity index (χ0n) is 24.7. The summed E-state index contributed by atoms with van der Waals surface area (Å²) < 4.78 is 16.5. The Labute approximate surface area is 258 Å². The van der Waals surface area contributed by atoms with Crippen LogP contribution in [0.4, 0.5) is 5.82 Å². The number of carbonyl (C=O) groups is 4. The normalized spacial score (nSPS) is 12.6. The second-order valence-electron chi connectivity index (χ2n) is 10.6. The highest BCUT2D eigenvalue weighted by Crippen LogP contribution is 2.38. The quantitative estimate of drug-likeness (QED) is 0.141. The third-order valence-electron chi connectivity index (χ3n) is 7.15. The number of hydrogen-bond donors (Lipinski definition) is 1. The summed E-state index contributed by atoms with van der Waals surface area (Å²) >= 11 is 6.63. The molecule has 2 aromatic carbocycles. The fourth-order valence-electron chi connectivity index (χ4n) is 4.80. The summed E-state index contributed by atoms with van der Waals surface area (Å²) in [5.41, 5.74) is 2.91. The lowest BCUT2D eigenvalue weighted by Gasteiger charge is -2.19. The molecule has 0 unspecified atom stereocenters. The molecule has 1 aliphatic rings. The molecule has 0 spiro atoms. The number of ether oxygens (including phenoxy) is 3. The molecule has 1 aliphatic heterocycles. The molecule has 1 N–H and O–H groups in total. The predicted octanol–water partition coefficient (Wildman–Crippen LogP) is 4.98. The lowest BCUT2D eigenvalue weighted by molar-refractivity contribution is -0.122. The van der Waals surface area contributed by atoms with Crippen molar-refractivity contribution in [1.82, 2.24) is 14.9 Å². The number of imide groups is 1. The molecule has 4 aromatic rings. The molecule has 0 bridgehead atoms. The molecule has 0 aliphatic carbocycles. The van der Waals surface area contributed by atoms with E-state index in [4.69, 9.17) is 25.8 Å². The van der Waals surface area contributed by atoms with E-state index < -0.39 is 11.9 Å². The minimum Gasteiger partial charge on any atom is -0.480 e. The number of hydrogen-bond acceptors (Lipinski definition) is 8. The first-order chi connectivity index (χ1) is 21.1. The van der Waals surface area contributed by atoms with Gasteiger partial charge in [0.25, 0.3) is 17.7 Å². The van der Waals surface area contributed by atoms with Crippen LogP contribution in [0.1, 0.15) is 44.9 Å². The number of benzene rings is 2. The van der Waals surface area contributed by atoms with Gasteiger partial charge in [-0.15, -0.1) is 0 Å². The molecule has 0 atom stereocenters. The molecule has 12 heteroatoms. The van der Waals surface area contributed by atoms with Crippen LogP contribution in [0, 0.1) is 5.92 Å². The molecule has 2 aromatic heterocycles. The van der Waals surface area contributed by atoms with Crippen LogP contribution < -0.4 is 9.64 Å². The number of esters is 1. The number of aromatic amines is 1. The smallest absolute Gasteiger partial charge is 0.340 e. The number of halogens is 1. The molecule has 0 radical (unpaired) electrons. The van der Waals surface area contributed by atoms with E-state index in [0.29, 0.717) is 56.2 Å². The summed E-state index contributed by atoms with van der Waals surface area (Å²) in [5.74, 6) is -0.884. The summed E-state index contributed by atoms with van der Waals surface area (Å²) in [4.78, 5) is 60.6. The Morgan fingerprint density at radius 1 is 1.02 bits per heavy atom. The van der Waals surface area contributed by atoms with Crippen LogP contribution in [0.3, 0.4) is 0 Å². The lowest BCUT2D eigenvalue weighted by atomic mass is 10.0. The van der Waals surface area contributed by atoms with E-state index in [1.807, 2.05) is 13.8 Å². The highest BCUT2D eigenvalue weighted by atomic mass is 35.5. The van der Waals surface area contributed by atoms with Crippen molar-refractivity contribution >= 4 is 52.0 Å². The first kappa shape index (κ1) is 30.7. The van der Waals surface area contributed by atoms with Gasteiger partial charge in [0.1, 0.15) is 12.4 Å². The average Bonchev–Trinajstić information content (AvgIpc) is 3.54. The number of anilines is 1. The molecule has 0 saturated carbocycles. The van der Waals surface area contributed by atoms with Crippen LogP contribution in [0.2, 0.25) is 5.02 Å². The van der Waals surface area contributed by atoms with E-state index in [9.17, 15) is 19.2 Å². The number of H-pyrrole nitrogens is 1. The van der Waals surface area contributed by atoms with Crippen molar-refractivity contribution in [3.05, 3.63) is 76.4 Å². The number of nitrogens with zero attached hydrogens (tertiary/aromatic N) is 3. The molecule has 228 valence electrons. The van der Waals surface area contributed by atoms with Gasteiger partial charge in [-0.25, -0.2) is 4.79 Å². The van der Waals surface area contributed by atoms with Crippen molar-refractivity contribution in [3.8, 4) is 17.0 Å². The lowest BCUT2D eigenvalue weighted by Crippen LogP contribution is -2.35. The fraction of sp³-hybridized carbons (Fsp3) is 0.281. The number of carbonyl (C=O) groups excluding carboxylic acids is 4. The van der Waals surface area contributed by atoms with Gasteiger partial charge in [-0.2, -0.15) is 4.98 Å². The van der Waals surface area contributed by atoms with Crippen molar-refractivity contribution in [2.75, 3.05) is 45.4 Å². The Hall–Kier alpha value is -4.74. The Morgan fingerprint density at radius 3 is 2.39 bits per heavy atom. The average molecular weight is 619 g/mol. The molecule has 44 heavy (non-hydrogen) atoms. The van der Waals surface area contributed by atoms with Crippen LogP contribution >= 0.6 is 11.6 Å². The van der Waals surface area contributed by atoms with Crippen molar-refractivity contribution in [3.63, 3.8) is 0 Å². The van der Waals surface area contributed by atoms with Gasteiger partial charge in [0.2, 0.25) is 5.88 Å². The number of rotatable bonds is 11. The third-order valence-corrected chi connectivity index (χ3v) is 7.46. The predicted molar refractivity (Wildman–Crippen MR) is 164 cm³/mol. The van der Waals surface area contributed by atoms with Gasteiger partial charge in [-0.3, -0.25) is 24.2 Å². The molecule has 0 fully saturated rings. The molecule has 0 saturated heterocycles. The van der Waals surface area contributed by atoms with Crippen LogP contribution in [-0.4, -0.2) is 79.1 Å². The van der Waals surface area contributed by atoms with E-state index in [2.05, 4.69) is 9.97 Å². The minimum atomic E-state index is -0.440. The molecular weight excluding hydrogens is 588 g/mol.